The molecular formula is C12H18FNSi. The molecule has 3 heteroatoms. The zero-order chi connectivity index (χ0) is 11.5. The van der Waals surface area contributed by atoms with E-state index in [2.05, 4.69) is 24.6 Å². The van der Waals surface area contributed by atoms with Gasteiger partial charge in [-0.15, -0.1) is 0 Å². The van der Waals surface area contributed by atoms with Crippen molar-refractivity contribution in [2.45, 2.75) is 26.6 Å². The van der Waals surface area contributed by atoms with Gasteiger partial charge in [-0.2, -0.15) is 0 Å². The van der Waals surface area contributed by atoms with Gasteiger partial charge in [0.2, 0.25) is 0 Å². The maximum absolute atomic E-state index is 12.8. The van der Waals surface area contributed by atoms with Crippen LogP contribution < -0.4 is 0 Å². The second-order valence-electron chi connectivity index (χ2n) is 5.03. The minimum Gasteiger partial charge on any atom is -0.296 e. The summed E-state index contributed by atoms with van der Waals surface area (Å²) in [5.74, 6) is -0.185. The lowest BCUT2D eigenvalue weighted by Gasteiger charge is -2.11. The normalized spacial score (nSPS) is 12.3. The summed E-state index contributed by atoms with van der Waals surface area (Å²) in [6, 6.07) is 4.79. The van der Waals surface area contributed by atoms with Crippen LogP contribution >= 0.6 is 0 Å². The Kier molecular flexibility index (Phi) is 3.80. The molecule has 0 aliphatic rings. The molecule has 0 spiro atoms. The highest BCUT2D eigenvalue weighted by Gasteiger charge is 2.10. The molecule has 0 saturated heterocycles. The molecule has 0 N–H and O–H groups in total. The first-order valence-electron chi connectivity index (χ1n) is 5.14. The van der Waals surface area contributed by atoms with Crippen molar-refractivity contribution in [2.24, 2.45) is 4.99 Å². The summed E-state index contributed by atoms with van der Waals surface area (Å²) >= 11 is 0. The molecule has 0 bridgehead atoms. The van der Waals surface area contributed by atoms with E-state index in [-0.39, 0.29) is 5.82 Å². The van der Waals surface area contributed by atoms with Crippen molar-refractivity contribution in [2.75, 3.05) is 6.17 Å². The second kappa shape index (κ2) is 4.70. The smallest absolute Gasteiger partial charge is 0.123 e. The predicted molar refractivity (Wildman–Crippen MR) is 66.9 cm³/mol. The first kappa shape index (κ1) is 12.1. The number of hydrogen-bond donors (Lipinski definition) is 0. The van der Waals surface area contributed by atoms with Gasteiger partial charge in [-0.25, -0.2) is 4.39 Å². The van der Waals surface area contributed by atoms with Gasteiger partial charge in [0.15, 0.2) is 0 Å². The van der Waals surface area contributed by atoms with Crippen molar-refractivity contribution in [3.05, 3.63) is 35.1 Å². The summed E-state index contributed by atoms with van der Waals surface area (Å²) in [5, 5.41) is 0. The quantitative estimate of drug-likeness (QED) is 0.550. The average Bonchev–Trinajstić information content (AvgIpc) is 2.07. The van der Waals surface area contributed by atoms with Crippen LogP contribution in [0.2, 0.25) is 19.6 Å². The number of hydrogen-bond acceptors (Lipinski definition) is 1. The van der Waals surface area contributed by atoms with Crippen molar-refractivity contribution < 1.29 is 4.39 Å². The van der Waals surface area contributed by atoms with Crippen LogP contribution in [0.3, 0.4) is 0 Å². The third kappa shape index (κ3) is 4.38. The van der Waals surface area contributed by atoms with E-state index in [0.717, 1.165) is 17.3 Å². The summed E-state index contributed by atoms with van der Waals surface area (Å²) in [6.45, 7) is 8.74. The van der Waals surface area contributed by atoms with Gasteiger partial charge in [-0.1, -0.05) is 25.7 Å². The Balaban J connectivity index is 2.73. The number of nitrogens with zero attached hydrogens (tertiary/aromatic N) is 1. The fourth-order valence-corrected chi connectivity index (χ4v) is 1.84. The summed E-state index contributed by atoms with van der Waals surface area (Å²) in [6.07, 6.45) is 2.77. The standard InChI is InChI=1S/C12H18FNSi/c1-10-7-12(13)6-5-11(10)8-14-9-15(2,3)4/h5-8H,9H2,1-4H3/b14-8+. The van der Waals surface area contributed by atoms with Crippen LogP contribution in [0.15, 0.2) is 23.2 Å². The molecule has 0 aliphatic heterocycles. The largest absolute Gasteiger partial charge is 0.296 e. The van der Waals surface area contributed by atoms with Crippen LogP contribution in [-0.4, -0.2) is 20.5 Å². The van der Waals surface area contributed by atoms with Crippen LogP contribution in [0, 0.1) is 12.7 Å². The summed E-state index contributed by atoms with van der Waals surface area (Å²) in [7, 11) is -1.11. The Morgan fingerprint density at radius 1 is 1.33 bits per heavy atom. The molecule has 1 aromatic carbocycles. The van der Waals surface area contributed by atoms with E-state index in [4.69, 9.17) is 0 Å². The molecule has 0 aliphatic carbocycles. The summed E-state index contributed by atoms with van der Waals surface area (Å²) < 4.78 is 12.8. The minimum atomic E-state index is -1.11. The minimum absolute atomic E-state index is 0.185. The maximum Gasteiger partial charge on any atom is 0.123 e. The Labute approximate surface area is 92.1 Å². The zero-order valence-electron chi connectivity index (χ0n) is 9.84. The Hall–Kier alpha value is -0.963. The number of rotatable bonds is 3. The first-order chi connectivity index (χ1) is 6.88. The summed E-state index contributed by atoms with van der Waals surface area (Å²) in [4.78, 5) is 4.42. The van der Waals surface area contributed by atoms with Crippen molar-refractivity contribution in [1.29, 1.82) is 0 Å². The zero-order valence-corrected chi connectivity index (χ0v) is 10.8. The van der Waals surface area contributed by atoms with E-state index in [0.29, 0.717) is 0 Å². The molecule has 82 valence electrons. The SMILES string of the molecule is Cc1cc(F)ccc1/C=N/C[Si](C)(C)C. The molecule has 0 heterocycles. The molecule has 0 aromatic heterocycles. The molecule has 1 rings (SSSR count). The highest BCUT2D eigenvalue weighted by molar-refractivity contribution is 6.76. The second-order valence-corrected chi connectivity index (χ2v) is 10.5. The van der Waals surface area contributed by atoms with Crippen molar-refractivity contribution in [1.82, 2.24) is 0 Å². The third-order valence-electron chi connectivity index (χ3n) is 2.03. The number of benzene rings is 1. The van der Waals surface area contributed by atoms with Gasteiger partial charge in [0, 0.05) is 12.4 Å². The molecule has 0 fully saturated rings. The van der Waals surface area contributed by atoms with Crippen LogP contribution in [0.4, 0.5) is 4.39 Å². The predicted octanol–water partition coefficient (Wildman–Crippen LogP) is 3.43. The lowest BCUT2D eigenvalue weighted by atomic mass is 10.1. The third-order valence-corrected chi connectivity index (χ3v) is 3.16. The van der Waals surface area contributed by atoms with Gasteiger partial charge in [0.05, 0.1) is 8.07 Å². The van der Waals surface area contributed by atoms with Crippen molar-refractivity contribution >= 4 is 14.3 Å². The number of aliphatic imine (C=N–C) groups is 1. The van der Waals surface area contributed by atoms with Gasteiger partial charge in [-0.05, 0) is 30.2 Å². The Morgan fingerprint density at radius 3 is 2.53 bits per heavy atom. The molecule has 0 amide bonds. The van der Waals surface area contributed by atoms with Gasteiger partial charge in [0.1, 0.15) is 5.82 Å². The van der Waals surface area contributed by atoms with E-state index in [1.54, 1.807) is 6.07 Å². The summed E-state index contributed by atoms with van der Waals surface area (Å²) in [5.41, 5.74) is 1.95. The monoisotopic (exact) mass is 223 g/mol. The first-order valence-corrected chi connectivity index (χ1v) is 8.85. The average molecular weight is 223 g/mol. The van der Waals surface area contributed by atoms with Crippen LogP contribution in [-0.2, 0) is 0 Å². The Bertz CT molecular complexity index is 366. The van der Waals surface area contributed by atoms with Gasteiger partial charge >= 0.3 is 0 Å². The number of halogens is 1. The van der Waals surface area contributed by atoms with E-state index < -0.39 is 8.07 Å². The maximum atomic E-state index is 12.8. The van der Waals surface area contributed by atoms with Crippen LogP contribution in [0.5, 0.6) is 0 Å². The fraction of sp³-hybridized carbons (Fsp3) is 0.417. The molecular weight excluding hydrogens is 205 g/mol. The van der Waals surface area contributed by atoms with Crippen LogP contribution in [0.1, 0.15) is 11.1 Å². The molecule has 15 heavy (non-hydrogen) atoms. The lowest BCUT2D eigenvalue weighted by molar-refractivity contribution is 0.626. The van der Waals surface area contributed by atoms with Crippen LogP contribution in [0.25, 0.3) is 0 Å². The Morgan fingerprint density at radius 2 is 2.00 bits per heavy atom. The fourth-order valence-electron chi connectivity index (χ4n) is 1.20. The lowest BCUT2D eigenvalue weighted by Crippen LogP contribution is -2.24. The molecule has 0 unspecified atom stereocenters. The molecule has 1 aromatic rings. The van der Waals surface area contributed by atoms with Crippen molar-refractivity contribution in [3.8, 4) is 0 Å². The molecule has 0 atom stereocenters. The van der Waals surface area contributed by atoms with E-state index in [1.807, 2.05) is 13.1 Å². The van der Waals surface area contributed by atoms with Gasteiger partial charge < -0.3 is 0 Å². The number of aryl methyl sites for hydroxylation is 1. The van der Waals surface area contributed by atoms with E-state index >= 15 is 0 Å². The van der Waals surface area contributed by atoms with E-state index in [9.17, 15) is 4.39 Å². The van der Waals surface area contributed by atoms with E-state index in [1.165, 1.54) is 12.1 Å². The molecule has 0 radical (unpaired) electrons. The van der Waals surface area contributed by atoms with Crippen molar-refractivity contribution in [3.63, 3.8) is 0 Å². The molecule has 0 saturated carbocycles. The highest BCUT2D eigenvalue weighted by atomic mass is 28.3. The van der Waals surface area contributed by atoms with Gasteiger partial charge in [-0.3, -0.25) is 4.99 Å². The molecule has 1 nitrogen and oxygen atoms in total. The highest BCUT2D eigenvalue weighted by Crippen LogP contribution is 2.08. The topological polar surface area (TPSA) is 12.4 Å². The van der Waals surface area contributed by atoms with Gasteiger partial charge in [0.25, 0.3) is 0 Å².